The van der Waals surface area contributed by atoms with Crippen LogP contribution in [-0.4, -0.2) is 42.0 Å². The lowest BCUT2D eigenvalue weighted by atomic mass is 9.70. The molecule has 1 aliphatic rings. The van der Waals surface area contributed by atoms with E-state index in [9.17, 15) is 5.11 Å². The van der Waals surface area contributed by atoms with Crippen LogP contribution in [0.5, 0.6) is 0 Å². The van der Waals surface area contributed by atoms with Crippen LogP contribution < -0.4 is 0 Å². The Morgan fingerprint density at radius 3 is 1.62 bits per heavy atom. The van der Waals surface area contributed by atoms with Gasteiger partial charge in [-0.2, -0.15) is 30.8 Å². The second-order valence-electron chi connectivity index (χ2n) is 15.8. The molecule has 4 aromatic rings. The zero-order chi connectivity index (χ0) is 30.8. The Hall–Kier alpha value is -3.58. The van der Waals surface area contributed by atoms with Crippen LogP contribution in [0.1, 0.15) is 104 Å². The molecule has 0 bridgehead atoms. The van der Waals surface area contributed by atoms with Crippen molar-refractivity contribution in [2.24, 2.45) is 10.8 Å². The number of aliphatic hydroxyl groups is 1. The number of aromatic nitrogens is 6. The second kappa shape index (κ2) is 10.0. The maximum absolute atomic E-state index is 11.0. The molecule has 3 N–H and O–H groups in total. The summed E-state index contributed by atoms with van der Waals surface area (Å²) >= 11 is 0. The number of nitrogens with zero attached hydrogens (tertiary/aromatic N) is 4. The van der Waals surface area contributed by atoms with Crippen LogP contribution in [0.3, 0.4) is 0 Å². The van der Waals surface area contributed by atoms with Gasteiger partial charge < -0.3 is 5.11 Å². The standard InChI is InChI=1S/C35H46N6O/c1-20-28(42)13-12-23(21-14-24(30-26(16-21)36-40-38-30)34(8,9)18-32(2,3)4)29(20)22-15-25(31-27(17-22)37-41-39-31)35(10,11)19-33(5,6)7/h12-17,28,42H,1,18-19H2,2-11H3,(H,36,38,40)(H,37,39,41). The summed E-state index contributed by atoms with van der Waals surface area (Å²) in [4.78, 5) is 0. The van der Waals surface area contributed by atoms with Crippen LogP contribution in [0.4, 0.5) is 0 Å². The average Bonchev–Trinajstić information content (AvgIpc) is 3.50. The number of hydrogen-bond donors (Lipinski definition) is 3. The maximum atomic E-state index is 11.0. The third kappa shape index (κ3) is 5.71. The molecule has 1 atom stereocenters. The number of H-pyrrole nitrogens is 2. The molecule has 0 spiro atoms. The fourth-order valence-electron chi connectivity index (χ4n) is 7.36. The molecule has 0 radical (unpaired) electrons. The molecule has 0 aliphatic heterocycles. The largest absolute Gasteiger partial charge is 0.384 e. The molecule has 0 fully saturated rings. The van der Waals surface area contributed by atoms with Gasteiger partial charge >= 0.3 is 0 Å². The van der Waals surface area contributed by atoms with E-state index in [1.54, 1.807) is 0 Å². The molecule has 7 nitrogen and oxygen atoms in total. The van der Waals surface area contributed by atoms with Crippen molar-refractivity contribution in [3.8, 4) is 0 Å². The highest BCUT2D eigenvalue weighted by Gasteiger charge is 2.33. The molecule has 2 heterocycles. The van der Waals surface area contributed by atoms with Crippen molar-refractivity contribution in [3.63, 3.8) is 0 Å². The fraction of sp³-hybridized carbons (Fsp3) is 0.486. The Kier molecular flexibility index (Phi) is 7.12. The summed E-state index contributed by atoms with van der Waals surface area (Å²) in [6, 6.07) is 8.61. The molecule has 42 heavy (non-hydrogen) atoms. The number of fused-ring (bicyclic) bond motifs is 2. The van der Waals surface area contributed by atoms with Crippen LogP contribution in [0, 0.1) is 10.8 Å². The van der Waals surface area contributed by atoms with Crippen LogP contribution in [0.2, 0.25) is 0 Å². The summed E-state index contributed by atoms with van der Waals surface area (Å²) in [5, 5.41) is 34.8. The maximum Gasteiger partial charge on any atom is 0.116 e. The molecule has 5 rings (SSSR count). The third-order valence-corrected chi connectivity index (χ3v) is 8.24. The molecule has 1 aliphatic carbocycles. The SMILES string of the molecule is C=C1C(c2cc(C(C)(C)CC(C)(C)C)c3n[nH]nc3c2)=C(c2cc(C(C)(C)CC(C)(C)C)c3n[nH]nc3c2)C=CC1O. The lowest BCUT2D eigenvalue weighted by molar-refractivity contribution is 0.264. The third-order valence-electron chi connectivity index (χ3n) is 8.24. The summed E-state index contributed by atoms with van der Waals surface area (Å²) in [7, 11) is 0. The summed E-state index contributed by atoms with van der Waals surface area (Å²) in [5.41, 5.74) is 10.1. The van der Waals surface area contributed by atoms with E-state index in [2.05, 4.69) is 131 Å². The molecule has 1 unspecified atom stereocenters. The van der Waals surface area contributed by atoms with Gasteiger partial charge in [-0.1, -0.05) is 88.0 Å². The van der Waals surface area contributed by atoms with Crippen molar-refractivity contribution in [1.82, 2.24) is 30.8 Å². The highest BCUT2D eigenvalue weighted by molar-refractivity contribution is 6.06. The zero-order valence-corrected chi connectivity index (χ0v) is 26.9. The van der Waals surface area contributed by atoms with Crippen molar-refractivity contribution in [1.29, 1.82) is 0 Å². The van der Waals surface area contributed by atoms with Crippen molar-refractivity contribution < 1.29 is 5.11 Å². The Morgan fingerprint density at radius 2 is 1.14 bits per heavy atom. The van der Waals surface area contributed by atoms with E-state index in [1.807, 2.05) is 12.2 Å². The predicted octanol–water partition coefficient (Wildman–Crippen LogP) is 8.05. The molecule has 222 valence electrons. The summed E-state index contributed by atoms with van der Waals surface area (Å²) < 4.78 is 0. The highest BCUT2D eigenvalue weighted by Crippen LogP contribution is 2.45. The van der Waals surface area contributed by atoms with Gasteiger partial charge in [0, 0.05) is 0 Å². The molecule has 2 aromatic heterocycles. The quantitative estimate of drug-likeness (QED) is 0.219. The number of aromatic amines is 2. The van der Waals surface area contributed by atoms with Gasteiger partial charge in [0.25, 0.3) is 0 Å². The van der Waals surface area contributed by atoms with Gasteiger partial charge in [0.15, 0.2) is 0 Å². The fourth-order valence-corrected chi connectivity index (χ4v) is 7.36. The van der Waals surface area contributed by atoms with Crippen molar-refractivity contribution in [2.45, 2.75) is 99.0 Å². The van der Waals surface area contributed by atoms with Crippen molar-refractivity contribution >= 4 is 33.2 Å². The van der Waals surface area contributed by atoms with Crippen LogP contribution >= 0.6 is 0 Å². The van der Waals surface area contributed by atoms with E-state index in [0.29, 0.717) is 5.57 Å². The molecular weight excluding hydrogens is 520 g/mol. The Bertz CT molecular complexity index is 1730. The van der Waals surface area contributed by atoms with Gasteiger partial charge in [-0.15, -0.1) is 0 Å². The normalized spacial score (nSPS) is 17.2. The molecule has 0 saturated heterocycles. The Balaban J connectivity index is 1.77. The number of nitrogens with one attached hydrogen (secondary N) is 2. The number of aliphatic hydroxyl groups excluding tert-OH is 1. The first kappa shape index (κ1) is 29.9. The topological polar surface area (TPSA) is 103 Å². The highest BCUT2D eigenvalue weighted by atomic mass is 16.3. The smallest absolute Gasteiger partial charge is 0.116 e. The zero-order valence-electron chi connectivity index (χ0n) is 26.9. The summed E-state index contributed by atoms with van der Waals surface area (Å²) in [6.07, 6.45) is 5.00. The van der Waals surface area contributed by atoms with Gasteiger partial charge in [-0.3, -0.25) is 0 Å². The monoisotopic (exact) mass is 566 g/mol. The molecule has 0 amide bonds. The minimum atomic E-state index is -0.782. The van der Waals surface area contributed by atoms with Crippen LogP contribution in [0.25, 0.3) is 33.2 Å². The van der Waals surface area contributed by atoms with E-state index in [1.165, 1.54) is 0 Å². The molecule has 2 aromatic carbocycles. The van der Waals surface area contributed by atoms with Crippen LogP contribution in [-0.2, 0) is 10.8 Å². The summed E-state index contributed by atoms with van der Waals surface area (Å²) in [6.45, 7) is 27.1. The number of hydrogen-bond acceptors (Lipinski definition) is 5. The van der Waals surface area contributed by atoms with E-state index >= 15 is 0 Å². The van der Waals surface area contributed by atoms with Crippen LogP contribution in [0.15, 0.2) is 48.6 Å². The van der Waals surface area contributed by atoms with Gasteiger partial charge in [0.1, 0.15) is 22.1 Å². The molecule has 0 saturated carbocycles. The lowest BCUT2D eigenvalue weighted by Crippen LogP contribution is -2.25. The van der Waals surface area contributed by atoms with Gasteiger partial charge in [0.2, 0.25) is 0 Å². The van der Waals surface area contributed by atoms with Crippen molar-refractivity contribution in [2.75, 3.05) is 0 Å². The number of benzene rings is 2. The second-order valence-corrected chi connectivity index (χ2v) is 15.8. The van der Waals surface area contributed by atoms with Crippen molar-refractivity contribution in [3.05, 3.63) is 70.8 Å². The van der Waals surface area contributed by atoms with E-state index in [-0.39, 0.29) is 21.7 Å². The van der Waals surface area contributed by atoms with E-state index < -0.39 is 6.10 Å². The minimum absolute atomic E-state index is 0.122. The summed E-state index contributed by atoms with van der Waals surface area (Å²) in [5.74, 6) is 0. The predicted molar refractivity (Wildman–Crippen MR) is 173 cm³/mol. The minimum Gasteiger partial charge on any atom is -0.384 e. The first-order valence-electron chi connectivity index (χ1n) is 14.9. The average molecular weight is 567 g/mol. The van der Waals surface area contributed by atoms with E-state index in [4.69, 9.17) is 0 Å². The lowest BCUT2D eigenvalue weighted by Gasteiger charge is -2.34. The molecular formula is C35H46N6O. The van der Waals surface area contributed by atoms with Gasteiger partial charge in [0.05, 0.1) is 6.10 Å². The van der Waals surface area contributed by atoms with Gasteiger partial charge in [-0.05, 0) is 97.7 Å². The number of allylic oxidation sites excluding steroid dienone is 2. The first-order chi connectivity index (χ1) is 19.4. The van der Waals surface area contributed by atoms with E-state index in [0.717, 1.165) is 68.3 Å². The first-order valence-corrected chi connectivity index (χ1v) is 14.9. The Morgan fingerprint density at radius 1 is 0.690 bits per heavy atom. The van der Waals surface area contributed by atoms with Gasteiger partial charge in [-0.25, -0.2) is 0 Å². The Labute approximate surface area is 249 Å². The molecule has 7 heteroatoms. The number of rotatable bonds is 6.